The lowest BCUT2D eigenvalue weighted by molar-refractivity contribution is -0.138. The van der Waals surface area contributed by atoms with Crippen molar-refractivity contribution in [2.24, 2.45) is 0 Å². The van der Waals surface area contributed by atoms with Crippen molar-refractivity contribution < 1.29 is 22.8 Å². The Bertz CT molecular complexity index is 599. The van der Waals surface area contributed by atoms with Gasteiger partial charge in [0.05, 0.1) is 5.56 Å². The van der Waals surface area contributed by atoms with Gasteiger partial charge >= 0.3 is 6.18 Å². The molecule has 4 nitrogen and oxygen atoms in total. The second-order valence-corrected chi connectivity index (χ2v) is 6.08. The molecule has 2 unspecified atom stereocenters. The average molecular weight is 342 g/mol. The summed E-state index contributed by atoms with van der Waals surface area (Å²) in [5.74, 6) is -0.540. The average Bonchev–Trinajstić information content (AvgIpc) is 3.03. The Balaban J connectivity index is 2.02. The molecule has 0 saturated carbocycles. The van der Waals surface area contributed by atoms with Crippen LogP contribution < -0.4 is 5.32 Å². The molecule has 1 aliphatic heterocycles. The van der Waals surface area contributed by atoms with Crippen molar-refractivity contribution >= 4 is 11.8 Å². The topological polar surface area (TPSA) is 49.4 Å². The van der Waals surface area contributed by atoms with E-state index >= 15 is 0 Å². The van der Waals surface area contributed by atoms with E-state index in [-0.39, 0.29) is 24.2 Å². The number of nitrogens with zero attached hydrogens (tertiary/aromatic N) is 1. The van der Waals surface area contributed by atoms with Crippen molar-refractivity contribution in [1.82, 2.24) is 10.2 Å². The second kappa shape index (κ2) is 7.23. The molecule has 1 aliphatic rings. The Morgan fingerprint density at radius 3 is 2.46 bits per heavy atom. The van der Waals surface area contributed by atoms with E-state index < -0.39 is 17.8 Å². The van der Waals surface area contributed by atoms with Crippen LogP contribution >= 0.6 is 0 Å². The largest absolute Gasteiger partial charge is 0.416 e. The molecule has 1 aromatic carbocycles. The summed E-state index contributed by atoms with van der Waals surface area (Å²) < 4.78 is 37.8. The highest BCUT2D eigenvalue weighted by molar-refractivity contribution is 5.88. The molecule has 2 atom stereocenters. The summed E-state index contributed by atoms with van der Waals surface area (Å²) in [6.07, 6.45) is -2.79. The number of nitrogens with one attached hydrogen (secondary N) is 1. The van der Waals surface area contributed by atoms with Gasteiger partial charge in [-0.05, 0) is 36.5 Å². The van der Waals surface area contributed by atoms with Gasteiger partial charge in [0.25, 0.3) is 0 Å². The summed E-state index contributed by atoms with van der Waals surface area (Å²) in [5.41, 5.74) is -0.0314. The van der Waals surface area contributed by atoms with Crippen molar-refractivity contribution in [2.75, 3.05) is 13.6 Å². The zero-order valence-electron chi connectivity index (χ0n) is 13.7. The predicted molar refractivity (Wildman–Crippen MR) is 83.3 cm³/mol. The third-order valence-electron chi connectivity index (χ3n) is 4.41. The summed E-state index contributed by atoms with van der Waals surface area (Å²) >= 11 is 0. The van der Waals surface area contributed by atoms with E-state index in [0.717, 1.165) is 18.6 Å². The Labute approximate surface area is 139 Å². The molecule has 0 radical (unpaired) electrons. The second-order valence-electron chi connectivity index (χ2n) is 6.08. The van der Waals surface area contributed by atoms with E-state index in [1.807, 2.05) is 0 Å². The number of amides is 2. The van der Waals surface area contributed by atoms with Gasteiger partial charge in [0.1, 0.15) is 6.04 Å². The van der Waals surface area contributed by atoms with Gasteiger partial charge in [-0.1, -0.05) is 19.1 Å². The van der Waals surface area contributed by atoms with Crippen LogP contribution in [0.1, 0.15) is 43.2 Å². The van der Waals surface area contributed by atoms with Crippen molar-refractivity contribution in [1.29, 1.82) is 0 Å². The molecule has 0 aliphatic carbocycles. The quantitative estimate of drug-likeness (QED) is 0.915. The van der Waals surface area contributed by atoms with Gasteiger partial charge in [-0.3, -0.25) is 9.59 Å². The molecule has 24 heavy (non-hydrogen) atoms. The summed E-state index contributed by atoms with van der Waals surface area (Å²) in [5, 5.41) is 2.56. The van der Waals surface area contributed by atoms with Gasteiger partial charge in [-0.15, -0.1) is 0 Å². The number of carbonyl (C=O) groups is 2. The maximum absolute atomic E-state index is 12.6. The van der Waals surface area contributed by atoms with Crippen molar-refractivity contribution in [3.05, 3.63) is 35.4 Å². The highest BCUT2D eigenvalue weighted by atomic mass is 19.4. The lowest BCUT2D eigenvalue weighted by atomic mass is 9.96. The monoisotopic (exact) mass is 342 g/mol. The molecule has 2 amide bonds. The van der Waals surface area contributed by atoms with Gasteiger partial charge < -0.3 is 10.2 Å². The molecule has 0 spiro atoms. The zero-order chi connectivity index (χ0) is 17.9. The van der Waals surface area contributed by atoms with E-state index in [0.29, 0.717) is 18.5 Å². The fourth-order valence-electron chi connectivity index (χ4n) is 3.00. The molecule has 1 N–H and O–H groups in total. The third-order valence-corrected chi connectivity index (χ3v) is 4.41. The summed E-state index contributed by atoms with van der Waals surface area (Å²) in [7, 11) is 1.54. The number of carbonyl (C=O) groups excluding carboxylic acids is 2. The lowest BCUT2D eigenvalue weighted by Gasteiger charge is -2.25. The van der Waals surface area contributed by atoms with Crippen molar-refractivity contribution in [3.63, 3.8) is 0 Å². The van der Waals surface area contributed by atoms with Crippen LogP contribution in [-0.4, -0.2) is 36.3 Å². The Morgan fingerprint density at radius 2 is 1.92 bits per heavy atom. The van der Waals surface area contributed by atoms with Gasteiger partial charge in [0.15, 0.2) is 0 Å². The number of likely N-dealkylation sites (tertiary alicyclic amines) is 1. The van der Waals surface area contributed by atoms with Gasteiger partial charge in [0, 0.05) is 20.0 Å². The Kier molecular flexibility index (Phi) is 5.51. The van der Waals surface area contributed by atoms with Gasteiger partial charge in [-0.25, -0.2) is 0 Å². The fraction of sp³-hybridized carbons (Fsp3) is 0.529. The maximum atomic E-state index is 12.6. The number of rotatable bonds is 4. The summed E-state index contributed by atoms with van der Waals surface area (Å²) in [4.78, 5) is 25.8. The molecule has 132 valence electrons. The Hall–Kier alpha value is -2.05. The highest BCUT2D eigenvalue weighted by Gasteiger charge is 2.34. The highest BCUT2D eigenvalue weighted by Crippen LogP contribution is 2.31. The SMILES string of the molecule is CNC(=O)C1CCCN1C(=O)CC(C)c1ccc(C(F)(F)F)cc1. The summed E-state index contributed by atoms with van der Waals surface area (Å²) in [6.45, 7) is 2.34. The first-order valence-corrected chi connectivity index (χ1v) is 7.92. The minimum Gasteiger partial charge on any atom is -0.357 e. The van der Waals surface area contributed by atoms with Crippen LogP contribution in [-0.2, 0) is 15.8 Å². The summed E-state index contributed by atoms with van der Waals surface area (Å²) in [6, 6.07) is 4.42. The molecule has 1 heterocycles. The predicted octanol–water partition coefficient (Wildman–Crippen LogP) is 2.94. The molecule has 1 fully saturated rings. The van der Waals surface area contributed by atoms with Gasteiger partial charge in [-0.2, -0.15) is 13.2 Å². The first-order valence-electron chi connectivity index (χ1n) is 7.92. The smallest absolute Gasteiger partial charge is 0.357 e. The Morgan fingerprint density at radius 1 is 1.29 bits per heavy atom. The molecule has 1 aromatic rings. The van der Waals surface area contributed by atoms with Crippen LogP contribution in [0.2, 0.25) is 0 Å². The number of halogens is 3. The number of hydrogen-bond donors (Lipinski definition) is 1. The molecular weight excluding hydrogens is 321 g/mol. The van der Waals surface area contributed by atoms with Crippen LogP contribution in [0.15, 0.2) is 24.3 Å². The van der Waals surface area contributed by atoms with Crippen LogP contribution in [0.5, 0.6) is 0 Å². The normalized spacial score (nSPS) is 19.2. The van der Waals surface area contributed by atoms with E-state index in [2.05, 4.69) is 5.32 Å². The molecule has 0 aromatic heterocycles. The fourth-order valence-corrected chi connectivity index (χ4v) is 3.00. The minimum absolute atomic E-state index is 0.145. The molecule has 2 rings (SSSR count). The van der Waals surface area contributed by atoms with Crippen LogP contribution in [0, 0.1) is 0 Å². The molecular formula is C17H21F3N2O2. The number of benzene rings is 1. The maximum Gasteiger partial charge on any atom is 0.416 e. The van der Waals surface area contributed by atoms with E-state index in [1.54, 1.807) is 11.8 Å². The lowest BCUT2D eigenvalue weighted by Crippen LogP contribution is -2.45. The van der Waals surface area contributed by atoms with Crippen LogP contribution in [0.4, 0.5) is 13.2 Å². The standard InChI is InChI=1S/C17H21F3N2O2/c1-11(12-5-7-13(8-6-12)17(18,19)20)10-15(23)22-9-3-4-14(22)16(24)21-2/h5-8,11,14H,3-4,9-10H2,1-2H3,(H,21,24). The van der Waals surface area contributed by atoms with E-state index in [1.165, 1.54) is 19.2 Å². The zero-order valence-corrected chi connectivity index (χ0v) is 13.7. The van der Waals surface area contributed by atoms with E-state index in [4.69, 9.17) is 0 Å². The molecule has 0 bridgehead atoms. The van der Waals surface area contributed by atoms with Crippen LogP contribution in [0.25, 0.3) is 0 Å². The first kappa shape index (κ1) is 18.3. The number of alkyl halides is 3. The van der Waals surface area contributed by atoms with Crippen LogP contribution in [0.3, 0.4) is 0 Å². The molecule has 1 saturated heterocycles. The molecule has 7 heteroatoms. The number of hydrogen-bond acceptors (Lipinski definition) is 2. The van der Waals surface area contributed by atoms with E-state index in [9.17, 15) is 22.8 Å². The van der Waals surface area contributed by atoms with Crippen molar-refractivity contribution in [2.45, 2.75) is 44.3 Å². The van der Waals surface area contributed by atoms with Crippen molar-refractivity contribution in [3.8, 4) is 0 Å². The number of likely N-dealkylation sites (N-methyl/N-ethyl adjacent to an activating group) is 1. The third kappa shape index (κ3) is 4.07. The minimum atomic E-state index is -4.37. The first-order chi connectivity index (χ1) is 11.2. The van der Waals surface area contributed by atoms with Gasteiger partial charge in [0.2, 0.25) is 11.8 Å².